The molecule has 0 saturated carbocycles. The van der Waals surface area contributed by atoms with E-state index in [-0.39, 0.29) is 0 Å². The van der Waals surface area contributed by atoms with Crippen LogP contribution in [0, 0.1) is 0 Å². The van der Waals surface area contributed by atoms with Gasteiger partial charge in [0.2, 0.25) is 0 Å². The molecule has 0 spiro atoms. The monoisotopic (exact) mass is 359 g/mol. The summed E-state index contributed by atoms with van der Waals surface area (Å²) in [5, 5.41) is 0. The number of ether oxygens (including phenoxy) is 2. The quantitative estimate of drug-likeness (QED) is 0.501. The first-order chi connectivity index (χ1) is 11.6. The molecule has 0 amide bonds. The molecule has 0 aromatic carbocycles. The zero-order valence-electron chi connectivity index (χ0n) is 15.9. The third-order valence-electron chi connectivity index (χ3n) is 4.98. The fraction of sp³-hybridized carbons (Fsp3) is 1.00. The van der Waals surface area contributed by atoms with Crippen molar-refractivity contribution in [2.45, 2.75) is 70.8 Å². The minimum Gasteiger partial charge on any atom is -0.395 e. The van der Waals surface area contributed by atoms with Crippen LogP contribution < -0.4 is 0 Å². The lowest BCUT2D eigenvalue weighted by molar-refractivity contribution is 0.0374. The number of rotatable bonds is 12. The molecule has 0 N–H and O–H groups in total. The van der Waals surface area contributed by atoms with Crippen molar-refractivity contribution in [1.29, 1.82) is 0 Å². The van der Waals surface area contributed by atoms with Crippen LogP contribution in [0.25, 0.3) is 0 Å². The van der Waals surface area contributed by atoms with Crippen LogP contribution in [0.5, 0.6) is 0 Å². The third-order valence-corrected chi connectivity index (χ3v) is 8.04. The van der Waals surface area contributed by atoms with Crippen molar-refractivity contribution >= 4 is 8.56 Å². The molecule has 2 aliphatic rings. The Bertz CT molecular complexity index is 309. The second-order valence-corrected chi connectivity index (χ2v) is 10.5. The summed E-state index contributed by atoms with van der Waals surface area (Å²) in [4.78, 5) is 2.55. The summed E-state index contributed by atoms with van der Waals surface area (Å²) in [6.07, 6.45) is 6.76. The topological polar surface area (TPSA) is 40.2 Å². The van der Waals surface area contributed by atoms with Gasteiger partial charge in [-0.3, -0.25) is 4.90 Å². The number of hydrogen-bond donors (Lipinski definition) is 0. The van der Waals surface area contributed by atoms with Gasteiger partial charge in [-0.2, -0.15) is 0 Å². The molecule has 2 fully saturated rings. The first-order valence-corrected chi connectivity index (χ1v) is 12.4. The molecule has 2 heterocycles. The van der Waals surface area contributed by atoms with Crippen LogP contribution in [0.1, 0.15) is 46.0 Å². The van der Waals surface area contributed by atoms with Crippen LogP contribution in [-0.4, -0.2) is 71.7 Å². The van der Waals surface area contributed by atoms with Crippen LogP contribution in [0.15, 0.2) is 0 Å². The van der Waals surface area contributed by atoms with Gasteiger partial charge < -0.3 is 18.3 Å². The molecule has 5 nitrogen and oxygen atoms in total. The lowest BCUT2D eigenvalue weighted by Gasteiger charge is -2.30. The van der Waals surface area contributed by atoms with Crippen molar-refractivity contribution in [3.8, 4) is 0 Å². The lowest BCUT2D eigenvalue weighted by atomic mass is 10.2. The Labute approximate surface area is 149 Å². The Balaban J connectivity index is 1.79. The third kappa shape index (κ3) is 7.10. The van der Waals surface area contributed by atoms with Gasteiger partial charge >= 0.3 is 8.56 Å². The van der Waals surface area contributed by atoms with Gasteiger partial charge in [-0.25, -0.2) is 0 Å². The van der Waals surface area contributed by atoms with E-state index in [1.807, 2.05) is 0 Å². The van der Waals surface area contributed by atoms with Crippen molar-refractivity contribution < 1.29 is 18.3 Å². The van der Waals surface area contributed by atoms with Crippen molar-refractivity contribution in [2.24, 2.45) is 0 Å². The summed E-state index contributed by atoms with van der Waals surface area (Å²) in [7, 11) is -1.99. The van der Waals surface area contributed by atoms with Crippen LogP contribution >= 0.6 is 0 Å². The zero-order chi connectivity index (χ0) is 17.3. The molecule has 2 unspecified atom stereocenters. The molecule has 2 rings (SSSR count). The molecule has 0 radical (unpaired) electrons. The number of nitrogens with zero attached hydrogens (tertiary/aromatic N) is 1. The normalized spacial score (nSPS) is 25.0. The standard InChI is InChI=1S/C18H37NO4Si/c1-4-22-24(3,23-5-2)14-8-11-19(15-17-9-6-12-20-17)16-18-10-7-13-21-18/h17-18H,4-16H2,1-3H3. The van der Waals surface area contributed by atoms with Gasteiger partial charge in [-0.05, 0) is 65.1 Å². The predicted molar refractivity (Wildman–Crippen MR) is 98.7 cm³/mol. The second-order valence-electron chi connectivity index (χ2n) is 7.13. The minimum absolute atomic E-state index is 0.411. The maximum absolute atomic E-state index is 5.97. The largest absolute Gasteiger partial charge is 0.395 e. The second kappa shape index (κ2) is 10.9. The Morgan fingerprint density at radius 3 is 1.92 bits per heavy atom. The van der Waals surface area contributed by atoms with Crippen molar-refractivity contribution in [1.82, 2.24) is 4.90 Å². The van der Waals surface area contributed by atoms with Crippen LogP contribution in [0.2, 0.25) is 12.6 Å². The Morgan fingerprint density at radius 2 is 1.50 bits per heavy atom. The average molecular weight is 360 g/mol. The number of hydrogen-bond acceptors (Lipinski definition) is 5. The van der Waals surface area contributed by atoms with Gasteiger partial charge in [0.1, 0.15) is 0 Å². The van der Waals surface area contributed by atoms with E-state index in [0.717, 1.165) is 58.5 Å². The highest BCUT2D eigenvalue weighted by Gasteiger charge is 2.31. The molecule has 2 aliphatic heterocycles. The predicted octanol–water partition coefficient (Wildman–Crippen LogP) is 3.18. The maximum atomic E-state index is 5.97. The summed E-state index contributed by atoms with van der Waals surface area (Å²) in [6, 6.07) is 1.06. The molecule has 142 valence electrons. The van der Waals surface area contributed by atoms with Crippen LogP contribution in [0.4, 0.5) is 0 Å². The van der Waals surface area contributed by atoms with Crippen LogP contribution in [-0.2, 0) is 18.3 Å². The summed E-state index contributed by atoms with van der Waals surface area (Å²) in [6.45, 7) is 12.8. The van der Waals surface area contributed by atoms with E-state index in [4.69, 9.17) is 18.3 Å². The van der Waals surface area contributed by atoms with E-state index in [2.05, 4.69) is 25.3 Å². The van der Waals surface area contributed by atoms with Crippen molar-refractivity contribution in [2.75, 3.05) is 46.1 Å². The van der Waals surface area contributed by atoms with E-state index in [1.54, 1.807) is 0 Å². The molecule has 24 heavy (non-hydrogen) atoms. The van der Waals surface area contributed by atoms with Crippen molar-refractivity contribution in [3.63, 3.8) is 0 Å². The SMILES string of the molecule is CCO[Si](C)(CCCN(CC1CCCO1)CC1CCCO1)OCC. The highest BCUT2D eigenvalue weighted by molar-refractivity contribution is 6.66. The maximum Gasteiger partial charge on any atom is 0.334 e. The first-order valence-electron chi connectivity index (χ1n) is 9.88. The Hall–Kier alpha value is 0.0169. The highest BCUT2D eigenvalue weighted by atomic mass is 28.4. The molecular formula is C18H37NO4Si. The Morgan fingerprint density at radius 1 is 0.958 bits per heavy atom. The van der Waals surface area contributed by atoms with Gasteiger partial charge in [0.25, 0.3) is 0 Å². The van der Waals surface area contributed by atoms with E-state index >= 15 is 0 Å². The summed E-state index contributed by atoms with van der Waals surface area (Å²) >= 11 is 0. The van der Waals surface area contributed by atoms with E-state index < -0.39 is 8.56 Å². The lowest BCUT2D eigenvalue weighted by Crippen LogP contribution is -2.41. The first kappa shape index (κ1) is 20.3. The molecule has 0 aromatic rings. The van der Waals surface area contributed by atoms with E-state index in [1.165, 1.54) is 25.7 Å². The molecular weight excluding hydrogens is 322 g/mol. The Kier molecular flexibility index (Phi) is 9.22. The molecule has 0 aromatic heterocycles. The van der Waals surface area contributed by atoms with E-state index in [9.17, 15) is 0 Å². The average Bonchev–Trinajstić information content (AvgIpc) is 3.21. The zero-order valence-corrected chi connectivity index (χ0v) is 16.9. The summed E-state index contributed by atoms with van der Waals surface area (Å²) in [5.41, 5.74) is 0. The van der Waals surface area contributed by atoms with Gasteiger partial charge in [0, 0.05) is 39.5 Å². The fourth-order valence-corrected chi connectivity index (χ4v) is 6.22. The van der Waals surface area contributed by atoms with Gasteiger partial charge in [0.15, 0.2) is 0 Å². The smallest absolute Gasteiger partial charge is 0.334 e. The molecule has 2 saturated heterocycles. The van der Waals surface area contributed by atoms with E-state index in [0.29, 0.717) is 12.2 Å². The van der Waals surface area contributed by atoms with Crippen molar-refractivity contribution in [3.05, 3.63) is 0 Å². The van der Waals surface area contributed by atoms with Gasteiger partial charge in [0.05, 0.1) is 12.2 Å². The van der Waals surface area contributed by atoms with Crippen LogP contribution in [0.3, 0.4) is 0 Å². The molecule has 2 atom stereocenters. The highest BCUT2D eigenvalue weighted by Crippen LogP contribution is 2.20. The fourth-order valence-electron chi connectivity index (χ4n) is 3.83. The molecule has 0 bridgehead atoms. The molecule has 0 aliphatic carbocycles. The minimum atomic E-state index is -1.99. The van der Waals surface area contributed by atoms with Gasteiger partial charge in [-0.15, -0.1) is 0 Å². The summed E-state index contributed by atoms with van der Waals surface area (Å²) < 4.78 is 23.6. The summed E-state index contributed by atoms with van der Waals surface area (Å²) in [5.74, 6) is 0. The van der Waals surface area contributed by atoms with Gasteiger partial charge in [-0.1, -0.05) is 0 Å². The molecule has 6 heteroatoms.